The van der Waals surface area contributed by atoms with Gasteiger partial charge in [0, 0.05) is 18.0 Å². The standard InChI is InChI=1S/C14H18N4O/c1-9-4-3-5-13-16-17-14(18(9)13)10-6-7-12(19-2)11(15)8-10/h6-9H,3-5,15H2,1-2H3. The number of nitrogens with zero attached hydrogens (tertiary/aromatic N) is 3. The molecule has 100 valence electrons. The van der Waals surface area contributed by atoms with Crippen molar-refractivity contribution in [1.82, 2.24) is 14.8 Å². The normalized spacial score (nSPS) is 18.1. The third-order valence-electron chi connectivity index (χ3n) is 3.72. The Bertz CT molecular complexity index is 605. The number of aromatic nitrogens is 3. The quantitative estimate of drug-likeness (QED) is 0.840. The first-order valence-corrected chi connectivity index (χ1v) is 6.58. The van der Waals surface area contributed by atoms with Crippen molar-refractivity contribution in [2.24, 2.45) is 0 Å². The molecule has 2 N–H and O–H groups in total. The SMILES string of the molecule is COc1ccc(-c2nnc3n2C(C)CCC3)cc1N. The molecule has 0 saturated carbocycles. The Morgan fingerprint density at radius 2 is 2.21 bits per heavy atom. The van der Waals surface area contributed by atoms with Crippen LogP contribution in [0.4, 0.5) is 5.69 Å². The average Bonchev–Trinajstić information content (AvgIpc) is 2.84. The molecule has 0 saturated heterocycles. The highest BCUT2D eigenvalue weighted by atomic mass is 16.5. The molecule has 0 amide bonds. The third kappa shape index (κ3) is 1.95. The molecule has 1 aliphatic rings. The van der Waals surface area contributed by atoms with E-state index in [1.54, 1.807) is 7.11 Å². The maximum absolute atomic E-state index is 5.97. The van der Waals surface area contributed by atoms with Gasteiger partial charge in [0.05, 0.1) is 12.8 Å². The summed E-state index contributed by atoms with van der Waals surface area (Å²) >= 11 is 0. The number of rotatable bonds is 2. The summed E-state index contributed by atoms with van der Waals surface area (Å²) in [4.78, 5) is 0. The lowest BCUT2D eigenvalue weighted by Crippen LogP contribution is -2.16. The van der Waals surface area contributed by atoms with E-state index >= 15 is 0 Å². The van der Waals surface area contributed by atoms with Gasteiger partial charge in [0.2, 0.25) is 0 Å². The fourth-order valence-corrected chi connectivity index (χ4v) is 2.71. The van der Waals surface area contributed by atoms with Gasteiger partial charge in [-0.3, -0.25) is 0 Å². The molecule has 0 bridgehead atoms. The van der Waals surface area contributed by atoms with E-state index in [4.69, 9.17) is 10.5 Å². The molecule has 0 aliphatic carbocycles. The minimum atomic E-state index is 0.442. The van der Waals surface area contributed by atoms with Crippen LogP contribution in [0, 0.1) is 0 Å². The van der Waals surface area contributed by atoms with Crippen LogP contribution in [0.2, 0.25) is 0 Å². The number of fused-ring (bicyclic) bond motifs is 1. The molecule has 19 heavy (non-hydrogen) atoms. The van der Waals surface area contributed by atoms with Gasteiger partial charge in [-0.15, -0.1) is 10.2 Å². The maximum atomic E-state index is 5.97. The number of nitrogen functional groups attached to an aromatic ring is 1. The first-order chi connectivity index (χ1) is 9.20. The molecule has 1 atom stereocenters. The predicted octanol–water partition coefficient (Wildman–Crippen LogP) is 2.43. The Kier molecular flexibility index (Phi) is 2.89. The zero-order valence-corrected chi connectivity index (χ0v) is 11.3. The van der Waals surface area contributed by atoms with Crippen LogP contribution in [0.1, 0.15) is 31.6 Å². The third-order valence-corrected chi connectivity index (χ3v) is 3.72. The van der Waals surface area contributed by atoms with Gasteiger partial charge in [0.25, 0.3) is 0 Å². The van der Waals surface area contributed by atoms with Gasteiger partial charge in [-0.05, 0) is 38.0 Å². The number of ether oxygens (including phenoxy) is 1. The van der Waals surface area contributed by atoms with E-state index in [9.17, 15) is 0 Å². The van der Waals surface area contributed by atoms with Crippen LogP contribution in [0.25, 0.3) is 11.4 Å². The van der Waals surface area contributed by atoms with Crippen molar-refractivity contribution < 1.29 is 4.74 Å². The van der Waals surface area contributed by atoms with Crippen LogP contribution in [-0.4, -0.2) is 21.9 Å². The molecule has 1 aromatic carbocycles. The Labute approximate surface area is 112 Å². The Balaban J connectivity index is 2.08. The molecular formula is C14H18N4O. The summed E-state index contributed by atoms with van der Waals surface area (Å²) in [5, 5.41) is 8.63. The summed E-state index contributed by atoms with van der Waals surface area (Å²) in [5.41, 5.74) is 7.58. The molecular weight excluding hydrogens is 240 g/mol. The van der Waals surface area contributed by atoms with Crippen LogP contribution >= 0.6 is 0 Å². The Hall–Kier alpha value is -2.04. The highest BCUT2D eigenvalue weighted by Crippen LogP contribution is 2.32. The van der Waals surface area contributed by atoms with Crippen LogP contribution in [-0.2, 0) is 6.42 Å². The highest BCUT2D eigenvalue weighted by Gasteiger charge is 2.22. The number of hydrogen-bond donors (Lipinski definition) is 1. The lowest BCUT2D eigenvalue weighted by molar-refractivity contribution is 0.417. The molecule has 3 rings (SSSR count). The number of methoxy groups -OCH3 is 1. The van der Waals surface area contributed by atoms with Crippen LogP contribution < -0.4 is 10.5 Å². The second-order valence-electron chi connectivity index (χ2n) is 5.01. The van der Waals surface area contributed by atoms with E-state index in [2.05, 4.69) is 21.7 Å². The summed E-state index contributed by atoms with van der Waals surface area (Å²) in [6, 6.07) is 6.20. The van der Waals surface area contributed by atoms with Crippen LogP contribution in [0.3, 0.4) is 0 Å². The van der Waals surface area contributed by atoms with Gasteiger partial charge in [-0.2, -0.15) is 0 Å². The average molecular weight is 258 g/mol. The van der Waals surface area contributed by atoms with E-state index in [1.165, 1.54) is 12.8 Å². The van der Waals surface area contributed by atoms with E-state index in [0.717, 1.165) is 23.6 Å². The molecule has 0 spiro atoms. The second-order valence-corrected chi connectivity index (χ2v) is 5.01. The summed E-state index contributed by atoms with van der Waals surface area (Å²) in [6.45, 7) is 2.21. The zero-order chi connectivity index (χ0) is 13.4. The predicted molar refractivity (Wildman–Crippen MR) is 74.1 cm³/mol. The molecule has 0 fully saturated rings. The molecule has 1 aromatic heterocycles. The summed E-state index contributed by atoms with van der Waals surface area (Å²) in [6.07, 6.45) is 3.36. The monoisotopic (exact) mass is 258 g/mol. The van der Waals surface area contributed by atoms with Crippen LogP contribution in [0.15, 0.2) is 18.2 Å². The number of benzene rings is 1. The van der Waals surface area contributed by atoms with Crippen LogP contribution in [0.5, 0.6) is 5.75 Å². The highest BCUT2D eigenvalue weighted by molar-refractivity contribution is 5.66. The number of nitrogens with two attached hydrogens (primary N) is 1. The molecule has 5 nitrogen and oxygen atoms in total. The van der Waals surface area contributed by atoms with Crippen molar-refractivity contribution in [3.8, 4) is 17.1 Å². The zero-order valence-electron chi connectivity index (χ0n) is 11.3. The topological polar surface area (TPSA) is 66.0 Å². The minimum absolute atomic E-state index is 0.442. The first-order valence-electron chi connectivity index (χ1n) is 6.58. The molecule has 2 aromatic rings. The van der Waals surface area contributed by atoms with Gasteiger partial charge >= 0.3 is 0 Å². The van der Waals surface area contributed by atoms with Crippen molar-refractivity contribution in [3.05, 3.63) is 24.0 Å². The largest absolute Gasteiger partial charge is 0.495 e. The van der Waals surface area contributed by atoms with Crippen molar-refractivity contribution in [2.75, 3.05) is 12.8 Å². The molecule has 5 heteroatoms. The molecule has 2 heterocycles. The van der Waals surface area contributed by atoms with Crippen molar-refractivity contribution in [2.45, 2.75) is 32.2 Å². The van der Waals surface area contributed by atoms with Gasteiger partial charge in [-0.1, -0.05) is 0 Å². The van der Waals surface area contributed by atoms with Crippen molar-refractivity contribution in [3.63, 3.8) is 0 Å². The van der Waals surface area contributed by atoms with Crippen molar-refractivity contribution in [1.29, 1.82) is 0 Å². The van der Waals surface area contributed by atoms with Gasteiger partial charge in [-0.25, -0.2) is 0 Å². The lowest BCUT2D eigenvalue weighted by atomic mass is 10.0. The van der Waals surface area contributed by atoms with E-state index < -0.39 is 0 Å². The Morgan fingerprint density at radius 1 is 1.37 bits per heavy atom. The summed E-state index contributed by atoms with van der Waals surface area (Å²) < 4.78 is 7.41. The second kappa shape index (κ2) is 4.57. The first kappa shape index (κ1) is 12.0. The molecule has 0 radical (unpaired) electrons. The smallest absolute Gasteiger partial charge is 0.164 e. The van der Waals surface area contributed by atoms with E-state index in [0.29, 0.717) is 17.5 Å². The maximum Gasteiger partial charge on any atom is 0.164 e. The lowest BCUT2D eigenvalue weighted by Gasteiger charge is -2.22. The van der Waals surface area contributed by atoms with E-state index in [-0.39, 0.29) is 0 Å². The number of aryl methyl sites for hydroxylation is 1. The molecule has 1 aliphatic heterocycles. The summed E-state index contributed by atoms with van der Waals surface area (Å²) in [7, 11) is 1.62. The number of hydrogen-bond acceptors (Lipinski definition) is 4. The number of anilines is 1. The van der Waals surface area contributed by atoms with Gasteiger partial charge in [0.15, 0.2) is 5.82 Å². The van der Waals surface area contributed by atoms with Crippen molar-refractivity contribution >= 4 is 5.69 Å². The Morgan fingerprint density at radius 3 is 2.95 bits per heavy atom. The summed E-state index contributed by atoms with van der Waals surface area (Å²) in [5.74, 6) is 2.66. The van der Waals surface area contributed by atoms with Gasteiger partial charge in [0.1, 0.15) is 11.6 Å². The van der Waals surface area contributed by atoms with E-state index in [1.807, 2.05) is 18.2 Å². The minimum Gasteiger partial charge on any atom is -0.495 e. The fourth-order valence-electron chi connectivity index (χ4n) is 2.71. The molecule has 1 unspecified atom stereocenters. The fraction of sp³-hybridized carbons (Fsp3) is 0.429. The van der Waals surface area contributed by atoms with Gasteiger partial charge < -0.3 is 15.0 Å².